The van der Waals surface area contributed by atoms with Crippen LogP contribution in [-0.4, -0.2) is 42.3 Å². The molecule has 1 saturated heterocycles. The summed E-state index contributed by atoms with van der Waals surface area (Å²) in [6.45, 7) is 12.9. The molecule has 0 aromatic rings. The van der Waals surface area contributed by atoms with E-state index in [9.17, 15) is 9.59 Å². The molecule has 2 atom stereocenters. The monoisotopic (exact) mass is 281 g/mol. The molecule has 0 bridgehead atoms. The fourth-order valence-corrected chi connectivity index (χ4v) is 1.88. The number of amides is 1. The Morgan fingerprint density at radius 3 is 2.60 bits per heavy atom. The molecule has 112 valence electrons. The van der Waals surface area contributed by atoms with E-state index in [0.29, 0.717) is 18.7 Å². The largest absolute Gasteiger partial charge is 0.455 e. The second kappa shape index (κ2) is 7.19. The Hall–Kier alpha value is -1.69. The lowest BCUT2D eigenvalue weighted by Crippen LogP contribution is -2.56. The molecule has 6 nitrogen and oxygen atoms in total. The molecule has 1 aliphatic heterocycles. The van der Waals surface area contributed by atoms with Crippen LogP contribution in [0.3, 0.4) is 0 Å². The van der Waals surface area contributed by atoms with Crippen LogP contribution in [0.15, 0.2) is 17.3 Å². The molecule has 0 saturated carbocycles. The van der Waals surface area contributed by atoms with Crippen molar-refractivity contribution in [1.82, 2.24) is 10.4 Å². The summed E-state index contributed by atoms with van der Waals surface area (Å²) in [5.41, 5.74) is 3.34. The van der Waals surface area contributed by atoms with Crippen molar-refractivity contribution in [3.05, 3.63) is 12.3 Å². The molecule has 1 heterocycles. The van der Waals surface area contributed by atoms with Crippen molar-refractivity contribution in [3.8, 4) is 0 Å². The van der Waals surface area contributed by atoms with Crippen LogP contribution < -0.4 is 5.43 Å². The molecule has 1 amide bonds. The van der Waals surface area contributed by atoms with E-state index in [1.54, 1.807) is 6.92 Å². The van der Waals surface area contributed by atoms with E-state index in [-0.39, 0.29) is 11.8 Å². The first-order valence-corrected chi connectivity index (χ1v) is 6.80. The van der Waals surface area contributed by atoms with Crippen molar-refractivity contribution in [1.29, 1.82) is 0 Å². The van der Waals surface area contributed by atoms with Crippen LogP contribution in [0, 0.1) is 5.92 Å². The van der Waals surface area contributed by atoms with E-state index >= 15 is 0 Å². The van der Waals surface area contributed by atoms with Gasteiger partial charge in [0.15, 0.2) is 0 Å². The zero-order chi connectivity index (χ0) is 15.3. The molecule has 0 aliphatic carbocycles. The highest BCUT2D eigenvalue weighted by Crippen LogP contribution is 2.14. The van der Waals surface area contributed by atoms with Gasteiger partial charge >= 0.3 is 5.97 Å². The number of carbonyl (C=O) groups is 2. The molecule has 1 aliphatic rings. The van der Waals surface area contributed by atoms with Gasteiger partial charge < -0.3 is 4.74 Å². The molecule has 20 heavy (non-hydrogen) atoms. The Morgan fingerprint density at radius 1 is 1.40 bits per heavy atom. The quantitative estimate of drug-likeness (QED) is 0.609. The number of nitrogens with one attached hydrogen (secondary N) is 1. The summed E-state index contributed by atoms with van der Waals surface area (Å²) >= 11 is 0. The van der Waals surface area contributed by atoms with E-state index in [1.165, 1.54) is 5.01 Å². The van der Waals surface area contributed by atoms with Crippen molar-refractivity contribution in [2.24, 2.45) is 10.9 Å². The summed E-state index contributed by atoms with van der Waals surface area (Å²) in [4.78, 5) is 27.6. The molecule has 1 rings (SSSR count). The Kier molecular flexibility index (Phi) is 5.88. The lowest BCUT2D eigenvalue weighted by Gasteiger charge is -2.34. The van der Waals surface area contributed by atoms with Crippen LogP contribution >= 0.6 is 0 Å². The molecule has 0 aromatic carbocycles. The molecule has 6 heteroatoms. The Morgan fingerprint density at radius 2 is 2.05 bits per heavy atom. The van der Waals surface area contributed by atoms with E-state index < -0.39 is 18.1 Å². The maximum Gasteiger partial charge on any atom is 0.325 e. The third-order valence-electron chi connectivity index (χ3n) is 3.20. The van der Waals surface area contributed by atoms with Crippen LogP contribution in [0.25, 0.3) is 0 Å². The molecule has 0 aromatic heterocycles. The molecular weight excluding hydrogens is 258 g/mol. The second-order valence-corrected chi connectivity index (χ2v) is 5.20. The first-order chi connectivity index (χ1) is 9.36. The Balaban J connectivity index is 2.58. The Labute approximate surface area is 119 Å². The second-order valence-electron chi connectivity index (χ2n) is 5.20. The van der Waals surface area contributed by atoms with Crippen LogP contribution in [0.2, 0.25) is 0 Å². The summed E-state index contributed by atoms with van der Waals surface area (Å²) in [7, 11) is 0. The van der Waals surface area contributed by atoms with Gasteiger partial charge in [-0.15, -0.1) is 0 Å². The van der Waals surface area contributed by atoms with Crippen molar-refractivity contribution >= 4 is 18.6 Å². The highest BCUT2D eigenvalue weighted by atomic mass is 16.5. The van der Waals surface area contributed by atoms with Crippen LogP contribution in [0.5, 0.6) is 0 Å². The third kappa shape index (κ3) is 4.16. The summed E-state index contributed by atoms with van der Waals surface area (Å²) in [5.74, 6) is -0.530. The maximum absolute atomic E-state index is 12.0. The van der Waals surface area contributed by atoms with Gasteiger partial charge in [0.1, 0.15) is 12.1 Å². The van der Waals surface area contributed by atoms with Gasteiger partial charge in [-0.2, -0.15) is 0 Å². The standard InChI is InChI=1S/C14H23N3O3/c1-9(2)13(18)17-8-6-7-12(16-17)14(19)20-11(4)10(3)15-5/h9,11-12,16H,3,5-8H2,1-2,4H3. The highest BCUT2D eigenvalue weighted by molar-refractivity contribution is 5.80. The van der Waals surface area contributed by atoms with Crippen LogP contribution in [-0.2, 0) is 14.3 Å². The number of ether oxygens (including phenoxy) is 1. The van der Waals surface area contributed by atoms with E-state index in [2.05, 4.69) is 23.7 Å². The number of aliphatic imine (C=N–C) groups is 1. The lowest BCUT2D eigenvalue weighted by atomic mass is 10.1. The summed E-state index contributed by atoms with van der Waals surface area (Å²) < 4.78 is 5.26. The van der Waals surface area contributed by atoms with Gasteiger partial charge in [0, 0.05) is 12.5 Å². The number of nitrogens with zero attached hydrogens (tertiary/aromatic N) is 2. The van der Waals surface area contributed by atoms with Gasteiger partial charge in [-0.3, -0.25) is 19.6 Å². The molecule has 0 radical (unpaired) electrons. The number of hydrogen-bond donors (Lipinski definition) is 1. The number of carbonyl (C=O) groups excluding carboxylic acids is 2. The minimum Gasteiger partial charge on any atom is -0.455 e. The predicted octanol–water partition coefficient (Wildman–Crippen LogP) is 1.28. The van der Waals surface area contributed by atoms with Crippen LogP contribution in [0.1, 0.15) is 33.6 Å². The third-order valence-corrected chi connectivity index (χ3v) is 3.20. The van der Waals surface area contributed by atoms with E-state index in [1.807, 2.05) is 13.8 Å². The average molecular weight is 281 g/mol. The SMILES string of the molecule is C=NC(=C)C(C)OC(=O)C1CCCN(C(=O)C(C)C)N1. The van der Waals surface area contributed by atoms with Crippen molar-refractivity contribution in [2.45, 2.75) is 45.8 Å². The molecule has 1 N–H and O–H groups in total. The van der Waals surface area contributed by atoms with Gasteiger partial charge in [0.05, 0.1) is 5.70 Å². The van der Waals surface area contributed by atoms with Gasteiger partial charge in [0.2, 0.25) is 5.91 Å². The van der Waals surface area contributed by atoms with Gasteiger partial charge in [-0.1, -0.05) is 20.4 Å². The van der Waals surface area contributed by atoms with E-state index in [0.717, 1.165) is 6.42 Å². The van der Waals surface area contributed by atoms with Crippen molar-refractivity contribution in [2.75, 3.05) is 6.54 Å². The normalized spacial score (nSPS) is 20.4. The van der Waals surface area contributed by atoms with Crippen molar-refractivity contribution in [3.63, 3.8) is 0 Å². The molecule has 1 fully saturated rings. The number of hydrazine groups is 1. The number of esters is 1. The highest BCUT2D eigenvalue weighted by Gasteiger charge is 2.30. The van der Waals surface area contributed by atoms with Gasteiger partial charge in [-0.25, -0.2) is 5.43 Å². The average Bonchev–Trinajstić information content (AvgIpc) is 2.45. The minimum atomic E-state index is -0.516. The number of hydrogen-bond acceptors (Lipinski definition) is 5. The van der Waals surface area contributed by atoms with Gasteiger partial charge in [-0.05, 0) is 26.5 Å². The van der Waals surface area contributed by atoms with Gasteiger partial charge in [0.25, 0.3) is 0 Å². The smallest absolute Gasteiger partial charge is 0.325 e. The summed E-state index contributed by atoms with van der Waals surface area (Å²) in [6.07, 6.45) is 0.889. The minimum absolute atomic E-state index is 0.0206. The fraction of sp³-hybridized carbons (Fsp3) is 0.643. The maximum atomic E-state index is 12.0. The zero-order valence-corrected chi connectivity index (χ0v) is 12.4. The summed E-state index contributed by atoms with van der Waals surface area (Å²) in [6, 6.07) is -0.508. The lowest BCUT2D eigenvalue weighted by molar-refractivity contribution is -0.155. The fourth-order valence-electron chi connectivity index (χ4n) is 1.88. The zero-order valence-electron chi connectivity index (χ0n) is 12.4. The van der Waals surface area contributed by atoms with E-state index in [4.69, 9.17) is 4.74 Å². The topological polar surface area (TPSA) is 71.0 Å². The molecular formula is C14H23N3O3. The first kappa shape index (κ1) is 16.4. The first-order valence-electron chi connectivity index (χ1n) is 6.80. The van der Waals surface area contributed by atoms with Crippen LogP contribution in [0.4, 0.5) is 0 Å². The molecule has 0 spiro atoms. The summed E-state index contributed by atoms with van der Waals surface area (Å²) in [5, 5.41) is 1.51. The predicted molar refractivity (Wildman–Crippen MR) is 77.0 cm³/mol. The Bertz CT molecular complexity index is 406. The molecule has 2 unspecified atom stereocenters. The number of rotatable bonds is 5. The van der Waals surface area contributed by atoms with Crippen molar-refractivity contribution < 1.29 is 14.3 Å².